The molecule has 4 nitrogen and oxygen atoms in total. The maximum Gasteiger partial charge on any atom is 0.240 e. The predicted octanol–water partition coefficient (Wildman–Crippen LogP) is 3.27. The summed E-state index contributed by atoms with van der Waals surface area (Å²) >= 11 is 0. The van der Waals surface area contributed by atoms with E-state index in [-0.39, 0.29) is 17.5 Å². The number of benzene rings is 2. The van der Waals surface area contributed by atoms with Gasteiger partial charge in [0.05, 0.1) is 11.8 Å². The van der Waals surface area contributed by atoms with Gasteiger partial charge in [0, 0.05) is 26.0 Å². The van der Waals surface area contributed by atoms with Crippen molar-refractivity contribution in [1.29, 1.82) is 0 Å². The number of hydrogen-bond acceptors (Lipinski definition) is 3. The van der Waals surface area contributed by atoms with Crippen LogP contribution in [-0.4, -0.2) is 28.8 Å². The minimum absolute atomic E-state index is 0.102. The number of amides is 1. The number of carbonyl (C=O) groups is 1. The molecule has 0 radical (unpaired) electrons. The predicted molar refractivity (Wildman–Crippen MR) is 87.4 cm³/mol. The SMILES string of the molecule is CC(=O)N1N=C(c2cc(F)ccc2F)C[C@H]1c1ccccc1.CO. The molecule has 1 atom stereocenters. The van der Waals surface area contributed by atoms with Gasteiger partial charge in [0.1, 0.15) is 11.6 Å². The molecule has 0 aromatic heterocycles. The zero-order valence-electron chi connectivity index (χ0n) is 13.4. The van der Waals surface area contributed by atoms with Gasteiger partial charge >= 0.3 is 0 Å². The second-order valence-electron chi connectivity index (χ2n) is 5.17. The Kier molecular flexibility index (Phi) is 5.76. The van der Waals surface area contributed by atoms with Crippen molar-refractivity contribution in [1.82, 2.24) is 5.01 Å². The first-order valence-electron chi connectivity index (χ1n) is 7.38. The third kappa shape index (κ3) is 3.65. The first-order valence-corrected chi connectivity index (χ1v) is 7.38. The molecule has 0 unspecified atom stereocenters. The molecule has 0 saturated carbocycles. The van der Waals surface area contributed by atoms with E-state index in [1.807, 2.05) is 30.3 Å². The number of halogens is 2. The highest BCUT2D eigenvalue weighted by molar-refractivity contribution is 6.03. The van der Waals surface area contributed by atoms with Crippen LogP contribution < -0.4 is 0 Å². The molecule has 0 spiro atoms. The van der Waals surface area contributed by atoms with Gasteiger partial charge in [-0.05, 0) is 23.8 Å². The van der Waals surface area contributed by atoms with Gasteiger partial charge in [0.25, 0.3) is 0 Å². The Hall–Kier alpha value is -2.60. The lowest BCUT2D eigenvalue weighted by Crippen LogP contribution is -2.24. The van der Waals surface area contributed by atoms with Gasteiger partial charge < -0.3 is 5.11 Å². The van der Waals surface area contributed by atoms with E-state index in [2.05, 4.69) is 5.10 Å². The standard InChI is InChI=1S/C17H14F2N2O.CH4O/c1-11(22)21-17(12-5-3-2-4-6-12)10-16(20-21)14-9-13(18)7-8-15(14)19;1-2/h2-9,17H,10H2,1H3;2H,1H3/t17-;/m0./s1. The summed E-state index contributed by atoms with van der Waals surface area (Å²) in [7, 11) is 1.00. The summed E-state index contributed by atoms with van der Waals surface area (Å²) in [5, 5.41) is 12.5. The Morgan fingerprint density at radius 2 is 1.83 bits per heavy atom. The van der Waals surface area contributed by atoms with Crippen LogP contribution in [0.2, 0.25) is 0 Å². The van der Waals surface area contributed by atoms with Crippen molar-refractivity contribution in [2.75, 3.05) is 7.11 Å². The Morgan fingerprint density at radius 3 is 2.46 bits per heavy atom. The van der Waals surface area contributed by atoms with Gasteiger partial charge in [-0.2, -0.15) is 5.10 Å². The molecule has 126 valence electrons. The van der Waals surface area contributed by atoms with Crippen LogP contribution in [0.15, 0.2) is 53.6 Å². The lowest BCUT2D eigenvalue weighted by molar-refractivity contribution is -0.130. The Bertz CT molecular complexity index is 748. The van der Waals surface area contributed by atoms with Gasteiger partial charge in [0.2, 0.25) is 5.91 Å². The summed E-state index contributed by atoms with van der Waals surface area (Å²) in [4.78, 5) is 11.8. The summed E-state index contributed by atoms with van der Waals surface area (Å²) in [6.45, 7) is 1.41. The van der Waals surface area contributed by atoms with Crippen molar-refractivity contribution in [3.05, 3.63) is 71.3 Å². The fourth-order valence-electron chi connectivity index (χ4n) is 2.62. The average molecular weight is 332 g/mol. The maximum atomic E-state index is 13.9. The topological polar surface area (TPSA) is 52.9 Å². The Morgan fingerprint density at radius 1 is 1.17 bits per heavy atom. The Labute approximate surface area is 139 Å². The fraction of sp³-hybridized carbons (Fsp3) is 0.222. The summed E-state index contributed by atoms with van der Waals surface area (Å²) in [6.07, 6.45) is 0.351. The van der Waals surface area contributed by atoms with E-state index >= 15 is 0 Å². The molecule has 1 aliphatic rings. The van der Waals surface area contributed by atoms with E-state index in [0.717, 1.165) is 30.9 Å². The second-order valence-corrected chi connectivity index (χ2v) is 5.17. The lowest BCUT2D eigenvalue weighted by Gasteiger charge is -2.20. The monoisotopic (exact) mass is 332 g/mol. The molecule has 1 amide bonds. The summed E-state index contributed by atoms with van der Waals surface area (Å²) in [6, 6.07) is 12.3. The molecule has 0 fully saturated rings. The summed E-state index contributed by atoms with van der Waals surface area (Å²) in [5.74, 6) is -1.31. The molecule has 3 rings (SSSR count). The summed E-state index contributed by atoms with van der Waals surface area (Å²) < 4.78 is 27.3. The van der Waals surface area contributed by atoms with Crippen molar-refractivity contribution in [3.63, 3.8) is 0 Å². The van der Waals surface area contributed by atoms with E-state index in [4.69, 9.17) is 5.11 Å². The zero-order valence-corrected chi connectivity index (χ0v) is 13.4. The number of aliphatic hydroxyl groups is 1. The van der Waals surface area contributed by atoms with Crippen LogP contribution >= 0.6 is 0 Å². The van der Waals surface area contributed by atoms with E-state index in [1.54, 1.807) is 0 Å². The third-order valence-corrected chi connectivity index (χ3v) is 3.66. The summed E-state index contributed by atoms with van der Waals surface area (Å²) in [5.41, 5.74) is 1.39. The molecule has 1 heterocycles. The van der Waals surface area contributed by atoms with E-state index in [1.165, 1.54) is 11.9 Å². The molecule has 0 bridgehead atoms. The van der Waals surface area contributed by atoms with E-state index in [9.17, 15) is 13.6 Å². The molecular weight excluding hydrogens is 314 g/mol. The maximum absolute atomic E-state index is 13.9. The molecule has 1 aliphatic heterocycles. The number of nitrogens with zero attached hydrogens (tertiary/aromatic N) is 2. The van der Waals surface area contributed by atoms with Crippen LogP contribution in [0, 0.1) is 11.6 Å². The molecule has 6 heteroatoms. The number of hydrazone groups is 1. The minimum Gasteiger partial charge on any atom is -0.400 e. The molecule has 1 N–H and O–H groups in total. The van der Waals surface area contributed by atoms with Crippen molar-refractivity contribution in [2.45, 2.75) is 19.4 Å². The van der Waals surface area contributed by atoms with Gasteiger partial charge in [0.15, 0.2) is 0 Å². The molecule has 24 heavy (non-hydrogen) atoms. The normalized spacial score (nSPS) is 16.3. The van der Waals surface area contributed by atoms with Crippen LogP contribution in [0.1, 0.15) is 30.5 Å². The molecule has 0 saturated heterocycles. The minimum atomic E-state index is -0.544. The van der Waals surface area contributed by atoms with Crippen molar-refractivity contribution in [3.8, 4) is 0 Å². The molecule has 2 aromatic carbocycles. The second kappa shape index (κ2) is 7.79. The Balaban J connectivity index is 0.00000100. The van der Waals surface area contributed by atoms with Crippen molar-refractivity contribution >= 4 is 11.6 Å². The lowest BCUT2D eigenvalue weighted by atomic mass is 9.98. The van der Waals surface area contributed by atoms with Crippen LogP contribution in [-0.2, 0) is 4.79 Å². The molecule has 0 aliphatic carbocycles. The van der Waals surface area contributed by atoms with Gasteiger partial charge in [-0.15, -0.1) is 0 Å². The van der Waals surface area contributed by atoms with Gasteiger partial charge in [-0.3, -0.25) is 4.79 Å². The number of carbonyl (C=O) groups excluding carboxylic acids is 1. The number of rotatable bonds is 2. The smallest absolute Gasteiger partial charge is 0.240 e. The third-order valence-electron chi connectivity index (χ3n) is 3.66. The average Bonchev–Trinajstić information content (AvgIpc) is 3.05. The van der Waals surface area contributed by atoms with Gasteiger partial charge in [-0.1, -0.05) is 30.3 Å². The highest BCUT2D eigenvalue weighted by Gasteiger charge is 2.32. The number of aliphatic hydroxyl groups excluding tert-OH is 1. The van der Waals surface area contributed by atoms with Crippen LogP contribution in [0.5, 0.6) is 0 Å². The highest BCUT2D eigenvalue weighted by atomic mass is 19.1. The van der Waals surface area contributed by atoms with Crippen molar-refractivity contribution < 1.29 is 18.7 Å². The van der Waals surface area contributed by atoms with Crippen LogP contribution in [0.3, 0.4) is 0 Å². The number of hydrogen-bond donors (Lipinski definition) is 1. The van der Waals surface area contributed by atoms with Crippen LogP contribution in [0.4, 0.5) is 8.78 Å². The molecule has 2 aromatic rings. The van der Waals surface area contributed by atoms with Crippen LogP contribution in [0.25, 0.3) is 0 Å². The van der Waals surface area contributed by atoms with Gasteiger partial charge in [-0.25, -0.2) is 13.8 Å². The first kappa shape index (κ1) is 17.7. The largest absolute Gasteiger partial charge is 0.400 e. The quantitative estimate of drug-likeness (QED) is 0.918. The zero-order chi connectivity index (χ0) is 17.7. The molecular formula is C18H18F2N2O2. The van der Waals surface area contributed by atoms with E-state index in [0.29, 0.717) is 12.1 Å². The first-order chi connectivity index (χ1) is 11.6. The highest BCUT2D eigenvalue weighted by Crippen LogP contribution is 2.33. The van der Waals surface area contributed by atoms with Crippen molar-refractivity contribution in [2.24, 2.45) is 5.10 Å². The van der Waals surface area contributed by atoms with E-state index < -0.39 is 11.6 Å². The fourth-order valence-corrected chi connectivity index (χ4v) is 2.62.